The molecule has 0 fully saturated rings. The normalized spacial score (nSPS) is 10.7. The zero-order chi connectivity index (χ0) is 11.1. The third-order valence-electron chi connectivity index (χ3n) is 2.08. The first-order valence-corrected chi connectivity index (χ1v) is 5.21. The summed E-state index contributed by atoms with van der Waals surface area (Å²) < 4.78 is 5.51. The highest BCUT2D eigenvalue weighted by molar-refractivity contribution is 5.33. The topological polar surface area (TPSA) is 60.2 Å². The number of hydrazine groups is 1. The number of ether oxygens (including phenoxy) is 1. The van der Waals surface area contributed by atoms with Crippen LogP contribution in [0.4, 0.5) is 5.82 Å². The summed E-state index contributed by atoms with van der Waals surface area (Å²) in [6.45, 7) is 5.79. The zero-order valence-electron chi connectivity index (χ0n) is 9.36. The Labute approximate surface area is 90.8 Å². The summed E-state index contributed by atoms with van der Waals surface area (Å²) in [5.41, 5.74) is 3.55. The number of nitrogen functional groups attached to an aromatic ring is 1. The highest BCUT2D eigenvalue weighted by Gasteiger charge is 1.97. The van der Waals surface area contributed by atoms with Gasteiger partial charge in [-0.15, -0.1) is 0 Å². The second kappa shape index (κ2) is 6.37. The zero-order valence-corrected chi connectivity index (χ0v) is 9.36. The molecular formula is C11H19N3O. The second-order valence-corrected chi connectivity index (χ2v) is 3.93. The Bertz CT molecular complexity index is 272. The van der Waals surface area contributed by atoms with Gasteiger partial charge < -0.3 is 10.2 Å². The van der Waals surface area contributed by atoms with Crippen LogP contribution in [0.1, 0.15) is 25.8 Å². The number of aromatic nitrogens is 1. The second-order valence-electron chi connectivity index (χ2n) is 3.93. The largest absolute Gasteiger partial charge is 0.377 e. The minimum absolute atomic E-state index is 0.616. The summed E-state index contributed by atoms with van der Waals surface area (Å²) in [6, 6.07) is 3.79. The standard InChI is InChI=1S/C11H19N3O/c1-9(2)5-6-15-8-10-3-4-11(14-12)13-7-10/h3-4,7,9H,5-6,8,12H2,1-2H3,(H,13,14). The highest BCUT2D eigenvalue weighted by Crippen LogP contribution is 2.06. The van der Waals surface area contributed by atoms with E-state index in [1.165, 1.54) is 0 Å². The SMILES string of the molecule is CC(C)CCOCc1ccc(NN)nc1. The molecule has 0 spiro atoms. The number of nitrogens with zero attached hydrogens (tertiary/aromatic N) is 1. The van der Waals surface area contributed by atoms with Crippen LogP contribution in [0.2, 0.25) is 0 Å². The number of nitrogens with two attached hydrogens (primary N) is 1. The monoisotopic (exact) mass is 209 g/mol. The van der Waals surface area contributed by atoms with Crippen molar-refractivity contribution in [2.24, 2.45) is 11.8 Å². The van der Waals surface area contributed by atoms with Crippen molar-refractivity contribution in [1.82, 2.24) is 4.98 Å². The van der Waals surface area contributed by atoms with E-state index in [1.54, 1.807) is 6.20 Å². The number of anilines is 1. The van der Waals surface area contributed by atoms with Crippen LogP contribution < -0.4 is 11.3 Å². The van der Waals surface area contributed by atoms with Crippen LogP contribution in [0.5, 0.6) is 0 Å². The fraction of sp³-hybridized carbons (Fsp3) is 0.545. The Morgan fingerprint density at radius 3 is 2.80 bits per heavy atom. The van der Waals surface area contributed by atoms with Crippen molar-refractivity contribution in [1.29, 1.82) is 0 Å². The molecule has 1 aromatic heterocycles. The van der Waals surface area contributed by atoms with Crippen LogP contribution in [0.25, 0.3) is 0 Å². The maximum atomic E-state index is 5.51. The molecule has 1 aromatic rings. The van der Waals surface area contributed by atoms with Crippen LogP contribution in [0.15, 0.2) is 18.3 Å². The van der Waals surface area contributed by atoms with Crippen molar-refractivity contribution >= 4 is 5.82 Å². The first kappa shape index (κ1) is 11.9. The van der Waals surface area contributed by atoms with Gasteiger partial charge in [-0.2, -0.15) is 0 Å². The Kier molecular flexibility index (Phi) is 5.07. The predicted molar refractivity (Wildman–Crippen MR) is 61.2 cm³/mol. The third-order valence-corrected chi connectivity index (χ3v) is 2.08. The molecule has 0 aliphatic rings. The molecule has 0 amide bonds. The van der Waals surface area contributed by atoms with Crippen molar-refractivity contribution < 1.29 is 4.74 Å². The molecule has 0 unspecified atom stereocenters. The summed E-state index contributed by atoms with van der Waals surface area (Å²) in [5, 5.41) is 0. The fourth-order valence-corrected chi connectivity index (χ4v) is 1.10. The summed E-state index contributed by atoms with van der Waals surface area (Å²) >= 11 is 0. The van der Waals surface area contributed by atoms with Gasteiger partial charge in [0.25, 0.3) is 0 Å². The van der Waals surface area contributed by atoms with Gasteiger partial charge in [0.2, 0.25) is 0 Å². The van der Waals surface area contributed by atoms with E-state index >= 15 is 0 Å². The van der Waals surface area contributed by atoms with Crippen LogP contribution in [-0.4, -0.2) is 11.6 Å². The molecular weight excluding hydrogens is 190 g/mol. The van der Waals surface area contributed by atoms with Gasteiger partial charge in [0.05, 0.1) is 6.61 Å². The molecule has 15 heavy (non-hydrogen) atoms. The number of pyridine rings is 1. The van der Waals surface area contributed by atoms with Crippen LogP contribution in [0.3, 0.4) is 0 Å². The average Bonchev–Trinajstić information content (AvgIpc) is 2.25. The Morgan fingerprint density at radius 1 is 1.47 bits per heavy atom. The lowest BCUT2D eigenvalue weighted by Gasteiger charge is -2.06. The van der Waals surface area contributed by atoms with Crippen molar-refractivity contribution in [3.63, 3.8) is 0 Å². The summed E-state index contributed by atoms with van der Waals surface area (Å²) in [5.74, 6) is 6.57. The lowest BCUT2D eigenvalue weighted by Crippen LogP contribution is -2.08. The molecule has 1 rings (SSSR count). The van der Waals surface area contributed by atoms with Crippen molar-refractivity contribution in [3.8, 4) is 0 Å². The minimum atomic E-state index is 0.616. The first-order valence-electron chi connectivity index (χ1n) is 5.21. The van der Waals surface area contributed by atoms with Gasteiger partial charge in [-0.1, -0.05) is 19.9 Å². The molecule has 0 saturated carbocycles. The van der Waals surface area contributed by atoms with Gasteiger partial charge in [0.15, 0.2) is 0 Å². The van der Waals surface area contributed by atoms with E-state index < -0.39 is 0 Å². The average molecular weight is 209 g/mol. The smallest absolute Gasteiger partial charge is 0.139 e. The number of hydrogen-bond acceptors (Lipinski definition) is 4. The van der Waals surface area contributed by atoms with Crippen LogP contribution >= 0.6 is 0 Å². The predicted octanol–water partition coefficient (Wildman–Crippen LogP) is 1.93. The molecule has 0 aromatic carbocycles. The van der Waals surface area contributed by atoms with E-state index in [2.05, 4.69) is 24.3 Å². The maximum Gasteiger partial charge on any atom is 0.139 e. The first-order chi connectivity index (χ1) is 7.22. The Hall–Kier alpha value is -1.13. The number of hydrogen-bond donors (Lipinski definition) is 2. The van der Waals surface area contributed by atoms with Crippen LogP contribution in [-0.2, 0) is 11.3 Å². The summed E-state index contributed by atoms with van der Waals surface area (Å²) in [7, 11) is 0. The van der Waals surface area contributed by atoms with Gasteiger partial charge in [0, 0.05) is 12.8 Å². The molecule has 0 aliphatic heterocycles. The van der Waals surface area contributed by atoms with Crippen molar-refractivity contribution in [2.75, 3.05) is 12.0 Å². The van der Waals surface area contributed by atoms with E-state index in [4.69, 9.17) is 10.6 Å². The van der Waals surface area contributed by atoms with E-state index in [9.17, 15) is 0 Å². The molecule has 0 bridgehead atoms. The highest BCUT2D eigenvalue weighted by atomic mass is 16.5. The maximum absolute atomic E-state index is 5.51. The van der Waals surface area contributed by atoms with E-state index in [0.29, 0.717) is 18.3 Å². The molecule has 4 heteroatoms. The molecule has 0 aliphatic carbocycles. The molecule has 0 saturated heterocycles. The lowest BCUT2D eigenvalue weighted by molar-refractivity contribution is 0.110. The Balaban J connectivity index is 2.25. The van der Waals surface area contributed by atoms with Crippen molar-refractivity contribution in [2.45, 2.75) is 26.9 Å². The Morgan fingerprint density at radius 2 is 2.27 bits per heavy atom. The van der Waals surface area contributed by atoms with E-state index in [0.717, 1.165) is 18.6 Å². The summed E-state index contributed by atoms with van der Waals surface area (Å²) in [6.07, 6.45) is 2.86. The van der Waals surface area contributed by atoms with Crippen molar-refractivity contribution in [3.05, 3.63) is 23.9 Å². The van der Waals surface area contributed by atoms with E-state index in [1.807, 2.05) is 12.1 Å². The molecule has 3 N–H and O–H groups in total. The van der Waals surface area contributed by atoms with Gasteiger partial charge in [-0.05, 0) is 24.0 Å². The molecule has 0 radical (unpaired) electrons. The fourth-order valence-electron chi connectivity index (χ4n) is 1.10. The number of rotatable bonds is 6. The molecule has 1 heterocycles. The molecule has 84 valence electrons. The van der Waals surface area contributed by atoms with Gasteiger partial charge in [0.1, 0.15) is 5.82 Å². The minimum Gasteiger partial charge on any atom is -0.377 e. The quantitative estimate of drug-likeness (QED) is 0.427. The lowest BCUT2D eigenvalue weighted by atomic mass is 10.1. The molecule has 4 nitrogen and oxygen atoms in total. The van der Waals surface area contributed by atoms with E-state index in [-0.39, 0.29) is 0 Å². The molecule has 0 atom stereocenters. The summed E-state index contributed by atoms with van der Waals surface area (Å²) in [4.78, 5) is 4.09. The van der Waals surface area contributed by atoms with Gasteiger partial charge in [-0.25, -0.2) is 10.8 Å². The third kappa shape index (κ3) is 4.76. The number of nitrogens with one attached hydrogen (secondary N) is 1. The van der Waals surface area contributed by atoms with Gasteiger partial charge in [-0.3, -0.25) is 0 Å². The van der Waals surface area contributed by atoms with Gasteiger partial charge >= 0.3 is 0 Å². The van der Waals surface area contributed by atoms with Crippen LogP contribution in [0, 0.1) is 5.92 Å².